The monoisotopic (exact) mass is 332 g/mol. The molecule has 1 nitrogen and oxygen atoms in total. The third-order valence-corrected chi connectivity index (χ3v) is 1.72. The van der Waals surface area contributed by atoms with Gasteiger partial charge in [-0.25, -0.2) is 0 Å². The third-order valence-electron chi connectivity index (χ3n) is 1.72. The summed E-state index contributed by atoms with van der Waals surface area (Å²) in [7, 11) is 0. The Bertz CT molecular complexity index is 324. The van der Waals surface area contributed by atoms with E-state index in [0.717, 1.165) is 11.5 Å². The van der Waals surface area contributed by atoms with Crippen LogP contribution in [0.2, 0.25) is 0 Å². The zero-order chi connectivity index (χ0) is 10.9. The maximum Gasteiger partial charge on any atom is 0.127 e. The predicted molar refractivity (Wildman–Crippen MR) is 67.3 cm³/mol. The molecule has 0 atom stereocenters. The van der Waals surface area contributed by atoms with Gasteiger partial charge in [0.2, 0.25) is 0 Å². The Labute approximate surface area is 105 Å². The smallest absolute Gasteiger partial charge is 0.127 e. The van der Waals surface area contributed by atoms with Gasteiger partial charge in [0.15, 0.2) is 0 Å². The quantitative estimate of drug-likeness (QED) is 0.767. The second-order valence-electron chi connectivity index (χ2n) is 2.73. The molecule has 0 aliphatic heterocycles. The van der Waals surface area contributed by atoms with Gasteiger partial charge in [-0.15, -0.1) is 0 Å². The van der Waals surface area contributed by atoms with Crippen molar-refractivity contribution in [1.29, 1.82) is 0 Å². The molecule has 0 saturated carbocycles. The van der Waals surface area contributed by atoms with Crippen molar-refractivity contribution in [1.82, 2.24) is 0 Å². The largest absolute Gasteiger partial charge is 0.457 e. The Balaban J connectivity index is 0.000000531. The van der Waals surface area contributed by atoms with Crippen molar-refractivity contribution in [3.63, 3.8) is 0 Å². The molecule has 0 fully saturated rings. The fourth-order valence-electron chi connectivity index (χ4n) is 1.11. The van der Waals surface area contributed by atoms with Crippen molar-refractivity contribution in [3.05, 3.63) is 60.7 Å². The van der Waals surface area contributed by atoms with Gasteiger partial charge >= 0.3 is 28.4 Å². The van der Waals surface area contributed by atoms with Crippen LogP contribution in [0.25, 0.3) is 0 Å². The summed E-state index contributed by atoms with van der Waals surface area (Å²) in [5, 5.41) is 0. The van der Waals surface area contributed by atoms with E-state index in [-0.39, 0.29) is 0 Å². The number of hydrogen-bond donors (Lipinski definition) is 0. The molecule has 0 aromatic heterocycles. The molecule has 0 saturated heterocycles. The van der Waals surface area contributed by atoms with E-state index in [4.69, 9.17) is 4.74 Å². The molecule has 2 aromatic carbocycles. The average Bonchev–Trinajstić information content (AvgIpc) is 2.34. The van der Waals surface area contributed by atoms with Crippen LogP contribution >= 0.6 is 0 Å². The van der Waals surface area contributed by atoms with Crippen molar-refractivity contribution in [2.24, 2.45) is 0 Å². The molecule has 0 unspecified atom stereocenters. The van der Waals surface area contributed by atoms with Crippen LogP contribution in [0.15, 0.2) is 60.7 Å². The maximum atomic E-state index is 5.58. The van der Waals surface area contributed by atoms with Gasteiger partial charge in [0.05, 0.1) is 0 Å². The zero-order valence-electron chi connectivity index (χ0n) is 8.08. The van der Waals surface area contributed by atoms with Crippen LogP contribution in [-0.4, -0.2) is 28.4 Å². The van der Waals surface area contributed by atoms with Crippen molar-refractivity contribution in [2.45, 2.75) is 0 Å². The van der Waals surface area contributed by atoms with Crippen molar-refractivity contribution >= 4 is 28.4 Å². The van der Waals surface area contributed by atoms with E-state index in [1.54, 1.807) is 0 Å². The molecule has 0 N–H and O–H groups in total. The molecular weight excluding hydrogens is 318 g/mol. The summed E-state index contributed by atoms with van der Waals surface area (Å²) >= 11 is 4.50. The summed E-state index contributed by atoms with van der Waals surface area (Å²) in [6.07, 6.45) is 0. The Morgan fingerprint density at radius 1 is 0.600 bits per heavy atom. The van der Waals surface area contributed by atoms with E-state index < -0.39 is 0 Å². The van der Waals surface area contributed by atoms with Gasteiger partial charge in [0.1, 0.15) is 11.5 Å². The summed E-state index contributed by atoms with van der Waals surface area (Å²) < 4.78 is 5.58. The molecule has 3 heteroatoms. The van der Waals surface area contributed by atoms with Crippen LogP contribution in [-0.2, 0) is 0 Å². The first-order valence-corrected chi connectivity index (χ1v) is 9.63. The van der Waals surface area contributed by atoms with Gasteiger partial charge < -0.3 is 4.74 Å². The summed E-state index contributed by atoms with van der Waals surface area (Å²) in [6, 6.07) is 19.5. The van der Waals surface area contributed by atoms with Gasteiger partial charge in [-0.3, -0.25) is 0 Å². The standard InChI is InChI=1S/C12H10O.H2Se2/c1-3-7-11(8-4-1)13-12-9-5-2-6-10-12;1-2/h1-10H;1-2H. The summed E-state index contributed by atoms with van der Waals surface area (Å²) in [4.78, 5) is 0. The predicted octanol–water partition coefficient (Wildman–Crippen LogP) is 2.18. The molecule has 0 amide bonds. The minimum Gasteiger partial charge on any atom is -0.457 e. The Morgan fingerprint density at radius 3 is 1.27 bits per heavy atom. The average molecular weight is 330 g/mol. The molecule has 0 aliphatic carbocycles. The minimum atomic E-state index is 0.869. The van der Waals surface area contributed by atoms with E-state index in [9.17, 15) is 0 Å². The van der Waals surface area contributed by atoms with Gasteiger partial charge in [-0.05, 0) is 24.3 Å². The molecule has 0 radical (unpaired) electrons. The van der Waals surface area contributed by atoms with Gasteiger partial charge in [0.25, 0.3) is 0 Å². The van der Waals surface area contributed by atoms with Crippen LogP contribution in [0.3, 0.4) is 0 Å². The number of hydrogen-bond acceptors (Lipinski definition) is 1. The number of rotatable bonds is 2. The molecule has 0 bridgehead atoms. The molecule has 15 heavy (non-hydrogen) atoms. The van der Waals surface area contributed by atoms with Crippen molar-refractivity contribution < 1.29 is 4.74 Å². The minimum absolute atomic E-state index is 0.869. The van der Waals surface area contributed by atoms with Crippen LogP contribution in [0.1, 0.15) is 0 Å². The van der Waals surface area contributed by atoms with Crippen molar-refractivity contribution in [3.8, 4) is 11.5 Å². The zero-order valence-corrected chi connectivity index (χ0v) is 11.8. The molecule has 0 aliphatic rings. The molecule has 0 spiro atoms. The molecule has 2 aromatic rings. The Hall–Kier alpha value is -0.721. The second kappa shape index (κ2) is 7.55. The molecule has 78 valence electrons. The Kier molecular flexibility index (Phi) is 6.22. The van der Waals surface area contributed by atoms with Crippen molar-refractivity contribution in [2.75, 3.05) is 0 Å². The number of ether oxygens (including phenoxy) is 1. The second-order valence-corrected chi connectivity index (χ2v) is 2.73. The van der Waals surface area contributed by atoms with Gasteiger partial charge in [-0.2, -0.15) is 0 Å². The van der Waals surface area contributed by atoms with E-state index in [1.165, 1.54) is 0 Å². The van der Waals surface area contributed by atoms with E-state index in [1.807, 2.05) is 60.7 Å². The summed E-state index contributed by atoms with van der Waals surface area (Å²) in [5.41, 5.74) is 0. The fourth-order valence-corrected chi connectivity index (χ4v) is 1.11. The first kappa shape index (κ1) is 12.3. The summed E-state index contributed by atoms with van der Waals surface area (Å²) in [6.45, 7) is 0. The van der Waals surface area contributed by atoms with E-state index in [2.05, 4.69) is 28.4 Å². The summed E-state index contributed by atoms with van der Waals surface area (Å²) in [5.74, 6) is 1.74. The number of benzene rings is 2. The van der Waals surface area contributed by atoms with Crippen LogP contribution in [0, 0.1) is 0 Å². The SMILES string of the molecule is [SeH][SeH].c1ccc(Oc2ccccc2)cc1. The number of para-hydroxylation sites is 2. The van der Waals surface area contributed by atoms with E-state index in [0.29, 0.717) is 0 Å². The van der Waals surface area contributed by atoms with Crippen LogP contribution < -0.4 is 4.74 Å². The Morgan fingerprint density at radius 2 is 0.933 bits per heavy atom. The molecule has 0 heterocycles. The third kappa shape index (κ3) is 4.55. The maximum absolute atomic E-state index is 5.58. The topological polar surface area (TPSA) is 9.23 Å². The normalized spacial score (nSPS) is 8.67. The fraction of sp³-hybridized carbons (Fsp3) is 0. The molecule has 2 rings (SSSR count). The first-order chi connectivity index (χ1) is 7.45. The van der Waals surface area contributed by atoms with Crippen LogP contribution in [0.4, 0.5) is 0 Å². The van der Waals surface area contributed by atoms with Gasteiger partial charge in [0, 0.05) is 0 Å². The first-order valence-electron chi connectivity index (χ1n) is 4.43. The van der Waals surface area contributed by atoms with Crippen LogP contribution in [0.5, 0.6) is 11.5 Å². The van der Waals surface area contributed by atoms with E-state index >= 15 is 0 Å². The molecular formula is C12H12OSe2. The van der Waals surface area contributed by atoms with Gasteiger partial charge in [-0.1, -0.05) is 36.4 Å².